The highest BCUT2D eigenvalue weighted by Crippen LogP contribution is 2.48. The van der Waals surface area contributed by atoms with E-state index in [2.05, 4.69) is 32.8 Å². The van der Waals surface area contributed by atoms with Crippen molar-refractivity contribution in [1.82, 2.24) is 5.06 Å². The van der Waals surface area contributed by atoms with Gasteiger partial charge >= 0.3 is 11.9 Å². The van der Waals surface area contributed by atoms with Crippen LogP contribution >= 0.6 is 0 Å². The third-order valence-corrected chi connectivity index (χ3v) is 6.58. The van der Waals surface area contributed by atoms with Crippen LogP contribution in [-0.4, -0.2) is 39.3 Å². The van der Waals surface area contributed by atoms with E-state index in [1.165, 1.54) is 0 Å². The minimum absolute atomic E-state index is 0.0941. The lowest BCUT2D eigenvalue weighted by Gasteiger charge is -2.59. The number of nitrogens with zero attached hydrogens (tertiary/aromatic N) is 1. The summed E-state index contributed by atoms with van der Waals surface area (Å²) in [5, 5.41) is 11.1. The van der Waals surface area contributed by atoms with Crippen molar-refractivity contribution in [1.29, 1.82) is 0 Å². The van der Waals surface area contributed by atoms with Crippen molar-refractivity contribution >= 4 is 11.9 Å². The van der Waals surface area contributed by atoms with E-state index >= 15 is 0 Å². The lowest BCUT2D eigenvalue weighted by Crippen LogP contribution is -2.68. The van der Waals surface area contributed by atoms with Crippen LogP contribution in [-0.2, 0) is 19.2 Å². The van der Waals surface area contributed by atoms with Gasteiger partial charge in [-0.05, 0) is 39.2 Å². The summed E-state index contributed by atoms with van der Waals surface area (Å²) < 4.78 is 5.38. The molecule has 6 nitrogen and oxygen atoms in total. The number of esters is 1. The molecular weight excluding hydrogens is 358 g/mol. The Bertz CT molecular complexity index is 693. The second-order valence-electron chi connectivity index (χ2n) is 8.26. The third kappa shape index (κ3) is 4.23. The fourth-order valence-electron chi connectivity index (χ4n) is 4.17. The van der Waals surface area contributed by atoms with E-state index in [-0.39, 0.29) is 12.0 Å². The van der Waals surface area contributed by atoms with Gasteiger partial charge in [-0.3, -0.25) is 4.84 Å². The molecule has 2 rings (SSSR count). The van der Waals surface area contributed by atoms with Crippen LogP contribution in [0.2, 0.25) is 0 Å². The molecule has 1 saturated heterocycles. The van der Waals surface area contributed by atoms with Gasteiger partial charge in [-0.1, -0.05) is 51.1 Å². The fraction of sp³-hybridized carbons (Fsp3) is 0.636. The summed E-state index contributed by atoms with van der Waals surface area (Å²) in [4.78, 5) is 29.3. The standard InChI is InChI=1S/C22H33NO5/c1-7-21(5)14-18(27-20(26)19(24)25)15(3)22(6,8-2)23(21)28-16(4)17-12-10-9-11-13-17/h9-13,15-16,18H,7-8,14H2,1-6H3,(H,24,25). The summed E-state index contributed by atoms with van der Waals surface area (Å²) in [6, 6.07) is 10.1. The number of benzene rings is 1. The van der Waals surface area contributed by atoms with E-state index < -0.39 is 29.1 Å². The number of hydrogen-bond donors (Lipinski definition) is 1. The second kappa shape index (κ2) is 8.62. The van der Waals surface area contributed by atoms with Crippen LogP contribution in [0.25, 0.3) is 0 Å². The maximum atomic E-state index is 11.7. The number of hydrogen-bond acceptors (Lipinski definition) is 5. The average molecular weight is 392 g/mol. The zero-order valence-electron chi connectivity index (χ0n) is 17.8. The Hall–Kier alpha value is -1.92. The van der Waals surface area contributed by atoms with Crippen molar-refractivity contribution in [3.05, 3.63) is 35.9 Å². The molecule has 0 saturated carbocycles. The van der Waals surface area contributed by atoms with Crippen molar-refractivity contribution in [3.63, 3.8) is 0 Å². The predicted octanol–water partition coefficient (Wildman–Crippen LogP) is 4.35. The van der Waals surface area contributed by atoms with Crippen LogP contribution in [0.15, 0.2) is 30.3 Å². The summed E-state index contributed by atoms with van der Waals surface area (Å²) in [5.74, 6) is -2.84. The van der Waals surface area contributed by atoms with Gasteiger partial charge in [0.2, 0.25) is 0 Å². The van der Waals surface area contributed by atoms with E-state index in [0.717, 1.165) is 18.4 Å². The molecule has 0 spiro atoms. The highest BCUT2D eigenvalue weighted by molar-refractivity contribution is 6.28. The molecule has 156 valence electrons. The molecule has 1 aliphatic heterocycles. The Morgan fingerprint density at radius 2 is 1.82 bits per heavy atom. The van der Waals surface area contributed by atoms with Crippen LogP contribution in [0.3, 0.4) is 0 Å². The number of ether oxygens (including phenoxy) is 1. The SMILES string of the molecule is CCC1(C)CC(OC(=O)C(=O)O)C(C)C(C)(CC)N1OC(C)c1ccccc1. The normalized spacial score (nSPS) is 31.9. The first-order chi connectivity index (χ1) is 13.1. The summed E-state index contributed by atoms with van der Waals surface area (Å²) in [6.45, 7) is 12.4. The quantitative estimate of drug-likeness (QED) is 0.574. The first kappa shape index (κ1) is 22.4. The van der Waals surface area contributed by atoms with Gasteiger partial charge in [0.1, 0.15) is 12.2 Å². The van der Waals surface area contributed by atoms with Crippen molar-refractivity contribution in [2.24, 2.45) is 5.92 Å². The molecule has 1 aliphatic rings. The molecule has 6 heteroatoms. The highest BCUT2D eigenvalue weighted by atomic mass is 16.7. The van der Waals surface area contributed by atoms with Crippen LogP contribution in [0.5, 0.6) is 0 Å². The Morgan fingerprint density at radius 3 is 2.32 bits per heavy atom. The molecular formula is C22H33NO5. The number of hydroxylamine groups is 2. The number of aliphatic carboxylic acids is 1. The predicted molar refractivity (Wildman–Crippen MR) is 106 cm³/mol. The van der Waals surface area contributed by atoms with Gasteiger partial charge in [-0.2, -0.15) is 5.06 Å². The molecule has 0 amide bonds. The zero-order valence-corrected chi connectivity index (χ0v) is 17.8. The van der Waals surface area contributed by atoms with Gasteiger partial charge in [0.15, 0.2) is 0 Å². The molecule has 0 bridgehead atoms. The Labute approximate surface area is 167 Å². The van der Waals surface area contributed by atoms with E-state index in [1.807, 2.05) is 44.2 Å². The first-order valence-electron chi connectivity index (χ1n) is 10.0. The maximum absolute atomic E-state index is 11.7. The molecule has 5 atom stereocenters. The van der Waals surface area contributed by atoms with Crippen LogP contribution in [0, 0.1) is 5.92 Å². The number of piperidine rings is 1. The van der Waals surface area contributed by atoms with E-state index in [1.54, 1.807) is 0 Å². The Balaban J connectivity index is 2.35. The van der Waals surface area contributed by atoms with Gasteiger partial charge in [0, 0.05) is 23.4 Å². The second-order valence-corrected chi connectivity index (χ2v) is 8.26. The lowest BCUT2D eigenvalue weighted by atomic mass is 9.69. The molecule has 1 aromatic carbocycles. The Kier molecular flexibility index (Phi) is 6.88. The molecule has 5 unspecified atom stereocenters. The summed E-state index contributed by atoms with van der Waals surface area (Å²) >= 11 is 0. The number of carboxylic acid groups (broad SMARTS) is 1. The van der Waals surface area contributed by atoms with Gasteiger partial charge in [-0.25, -0.2) is 9.59 Å². The van der Waals surface area contributed by atoms with E-state index in [4.69, 9.17) is 14.7 Å². The van der Waals surface area contributed by atoms with Crippen molar-refractivity contribution < 1.29 is 24.3 Å². The zero-order chi connectivity index (χ0) is 21.1. The number of carbonyl (C=O) groups excluding carboxylic acids is 1. The molecule has 0 aromatic heterocycles. The molecule has 1 heterocycles. The van der Waals surface area contributed by atoms with Gasteiger partial charge < -0.3 is 9.84 Å². The topological polar surface area (TPSA) is 76.1 Å². The monoisotopic (exact) mass is 391 g/mol. The summed E-state index contributed by atoms with van der Waals surface area (Å²) in [6.07, 6.45) is 1.44. The van der Waals surface area contributed by atoms with Crippen molar-refractivity contribution in [3.8, 4) is 0 Å². The van der Waals surface area contributed by atoms with Gasteiger partial charge in [-0.15, -0.1) is 0 Å². The molecule has 0 aliphatic carbocycles. The van der Waals surface area contributed by atoms with Crippen LogP contribution < -0.4 is 0 Å². The van der Waals surface area contributed by atoms with Crippen molar-refractivity contribution in [2.75, 3.05) is 0 Å². The average Bonchev–Trinajstić information content (AvgIpc) is 2.69. The van der Waals surface area contributed by atoms with Crippen molar-refractivity contribution in [2.45, 2.75) is 84.1 Å². The third-order valence-electron chi connectivity index (χ3n) is 6.58. The largest absolute Gasteiger partial charge is 0.473 e. The molecule has 1 fully saturated rings. The van der Waals surface area contributed by atoms with Gasteiger partial charge in [0.05, 0.1) is 0 Å². The minimum atomic E-state index is -1.56. The van der Waals surface area contributed by atoms with E-state index in [9.17, 15) is 9.59 Å². The molecule has 28 heavy (non-hydrogen) atoms. The van der Waals surface area contributed by atoms with E-state index in [0.29, 0.717) is 6.42 Å². The summed E-state index contributed by atoms with van der Waals surface area (Å²) in [7, 11) is 0. The molecule has 0 radical (unpaired) electrons. The maximum Gasteiger partial charge on any atom is 0.417 e. The number of carbonyl (C=O) groups is 2. The fourth-order valence-corrected chi connectivity index (χ4v) is 4.17. The van der Waals surface area contributed by atoms with Crippen LogP contribution in [0.4, 0.5) is 0 Å². The number of rotatable bonds is 6. The number of carboxylic acids is 1. The molecule has 1 aromatic rings. The summed E-state index contributed by atoms with van der Waals surface area (Å²) in [5.41, 5.74) is 0.269. The first-order valence-corrected chi connectivity index (χ1v) is 10.0. The van der Waals surface area contributed by atoms with Gasteiger partial charge in [0.25, 0.3) is 0 Å². The molecule has 1 N–H and O–H groups in total. The Morgan fingerprint density at radius 1 is 1.21 bits per heavy atom. The highest BCUT2D eigenvalue weighted by Gasteiger charge is 2.55. The van der Waals surface area contributed by atoms with Crippen LogP contribution in [0.1, 0.15) is 72.5 Å². The smallest absolute Gasteiger partial charge is 0.417 e. The minimum Gasteiger partial charge on any atom is -0.473 e. The lowest BCUT2D eigenvalue weighted by molar-refractivity contribution is -0.336.